The summed E-state index contributed by atoms with van der Waals surface area (Å²) < 4.78 is 12.6. The van der Waals surface area contributed by atoms with Crippen molar-refractivity contribution >= 4 is 34.6 Å². The normalized spacial score (nSPS) is 16.9. The SMILES string of the molecule is COCC(=O)Nc1cc(N2C(=S)N[C@H](c3ccccn3)[C@H]2c2cccn2-c2cccnc2)ccc1OC. The second-order valence-corrected chi connectivity index (χ2v) is 8.76. The number of rotatable bonds is 8. The predicted octanol–water partition coefficient (Wildman–Crippen LogP) is 4.04. The highest BCUT2D eigenvalue weighted by atomic mass is 32.1. The number of nitrogens with zero attached hydrogens (tertiary/aromatic N) is 4. The summed E-state index contributed by atoms with van der Waals surface area (Å²) in [7, 11) is 3.03. The van der Waals surface area contributed by atoms with Crippen molar-refractivity contribution in [3.05, 3.63) is 96.8 Å². The molecule has 10 heteroatoms. The Kier molecular flexibility index (Phi) is 7.11. The van der Waals surface area contributed by atoms with E-state index in [4.69, 9.17) is 21.7 Å². The van der Waals surface area contributed by atoms with Gasteiger partial charge in [0.1, 0.15) is 18.4 Å². The van der Waals surface area contributed by atoms with E-state index in [0.29, 0.717) is 16.5 Å². The monoisotopic (exact) mass is 514 g/mol. The third-order valence-electron chi connectivity index (χ3n) is 6.12. The number of anilines is 2. The van der Waals surface area contributed by atoms with E-state index in [-0.39, 0.29) is 24.6 Å². The van der Waals surface area contributed by atoms with Crippen molar-refractivity contribution in [1.82, 2.24) is 19.9 Å². The molecule has 1 aliphatic rings. The van der Waals surface area contributed by atoms with Crippen LogP contribution in [0, 0.1) is 0 Å². The van der Waals surface area contributed by atoms with E-state index < -0.39 is 0 Å². The van der Waals surface area contributed by atoms with Crippen LogP contribution in [0.2, 0.25) is 0 Å². The fourth-order valence-corrected chi connectivity index (χ4v) is 4.91. The van der Waals surface area contributed by atoms with Gasteiger partial charge in [-0.05, 0) is 66.8 Å². The molecule has 4 heterocycles. The van der Waals surface area contributed by atoms with Gasteiger partial charge in [0.25, 0.3) is 0 Å². The number of benzene rings is 1. The number of carbonyl (C=O) groups excluding carboxylic acids is 1. The molecule has 0 radical (unpaired) electrons. The van der Waals surface area contributed by atoms with Crippen molar-refractivity contribution in [2.24, 2.45) is 0 Å². The summed E-state index contributed by atoms with van der Waals surface area (Å²) in [5.41, 5.74) is 4.10. The number of methoxy groups -OCH3 is 2. The highest BCUT2D eigenvalue weighted by Crippen LogP contribution is 2.43. The first kappa shape index (κ1) is 24.4. The maximum absolute atomic E-state index is 12.3. The Morgan fingerprint density at radius 1 is 1.08 bits per heavy atom. The van der Waals surface area contributed by atoms with E-state index in [1.165, 1.54) is 7.11 Å². The number of hydrogen-bond acceptors (Lipinski definition) is 6. The van der Waals surface area contributed by atoms with E-state index in [1.54, 1.807) is 19.5 Å². The summed E-state index contributed by atoms with van der Waals surface area (Å²) >= 11 is 5.87. The molecule has 0 aliphatic carbocycles. The minimum absolute atomic E-state index is 0.0694. The van der Waals surface area contributed by atoms with Crippen molar-refractivity contribution in [3.8, 4) is 11.4 Å². The van der Waals surface area contributed by atoms with Crippen molar-refractivity contribution in [1.29, 1.82) is 0 Å². The number of carbonyl (C=O) groups is 1. The lowest BCUT2D eigenvalue weighted by Crippen LogP contribution is -2.30. The van der Waals surface area contributed by atoms with Gasteiger partial charge in [0.15, 0.2) is 5.11 Å². The smallest absolute Gasteiger partial charge is 0.250 e. The van der Waals surface area contributed by atoms with Gasteiger partial charge >= 0.3 is 0 Å². The van der Waals surface area contributed by atoms with E-state index in [2.05, 4.69) is 31.2 Å². The lowest BCUT2D eigenvalue weighted by atomic mass is 10.0. The van der Waals surface area contributed by atoms with Gasteiger partial charge in [-0.2, -0.15) is 0 Å². The maximum atomic E-state index is 12.3. The van der Waals surface area contributed by atoms with Gasteiger partial charge < -0.3 is 29.6 Å². The number of aromatic nitrogens is 3. The predicted molar refractivity (Wildman–Crippen MR) is 145 cm³/mol. The number of hydrogen-bond donors (Lipinski definition) is 2. The van der Waals surface area contributed by atoms with Crippen LogP contribution in [0.4, 0.5) is 11.4 Å². The van der Waals surface area contributed by atoms with Crippen molar-refractivity contribution in [3.63, 3.8) is 0 Å². The number of thiocarbonyl (C=S) groups is 1. The Morgan fingerprint density at radius 2 is 1.97 bits per heavy atom. The van der Waals surface area contributed by atoms with Crippen LogP contribution in [-0.4, -0.2) is 46.4 Å². The maximum Gasteiger partial charge on any atom is 0.250 e. The van der Waals surface area contributed by atoms with Crippen LogP contribution in [0.1, 0.15) is 23.5 Å². The molecule has 2 atom stereocenters. The second-order valence-electron chi connectivity index (χ2n) is 8.38. The molecule has 4 aromatic rings. The zero-order chi connectivity index (χ0) is 25.8. The summed E-state index contributed by atoms with van der Waals surface area (Å²) in [5, 5.41) is 6.88. The topological polar surface area (TPSA) is 93.5 Å². The molecule has 37 heavy (non-hydrogen) atoms. The Labute approximate surface area is 220 Å². The summed E-state index contributed by atoms with van der Waals surface area (Å²) in [6.07, 6.45) is 7.35. The van der Waals surface area contributed by atoms with E-state index in [9.17, 15) is 4.79 Å². The van der Waals surface area contributed by atoms with Crippen LogP contribution < -0.4 is 20.3 Å². The van der Waals surface area contributed by atoms with Crippen LogP contribution in [0.5, 0.6) is 5.75 Å². The number of nitrogens with one attached hydrogen (secondary N) is 2. The molecule has 1 amide bonds. The first-order chi connectivity index (χ1) is 18.1. The molecule has 188 valence electrons. The molecular formula is C27H26N6O3S. The van der Waals surface area contributed by atoms with Gasteiger partial charge in [-0.15, -0.1) is 0 Å². The Balaban J connectivity index is 1.62. The van der Waals surface area contributed by atoms with Crippen molar-refractivity contribution < 1.29 is 14.3 Å². The number of amides is 1. The zero-order valence-electron chi connectivity index (χ0n) is 20.4. The number of pyridine rings is 2. The lowest BCUT2D eigenvalue weighted by Gasteiger charge is -2.29. The van der Waals surface area contributed by atoms with Crippen LogP contribution in [-0.2, 0) is 9.53 Å². The van der Waals surface area contributed by atoms with Gasteiger partial charge in [0, 0.05) is 37.1 Å². The molecule has 3 aromatic heterocycles. The summed E-state index contributed by atoms with van der Waals surface area (Å²) in [4.78, 5) is 23.3. The van der Waals surface area contributed by atoms with E-state index in [0.717, 1.165) is 22.8 Å². The average Bonchev–Trinajstić information content (AvgIpc) is 3.54. The Morgan fingerprint density at radius 3 is 2.70 bits per heavy atom. The van der Waals surface area contributed by atoms with Crippen LogP contribution >= 0.6 is 12.2 Å². The molecule has 1 saturated heterocycles. The van der Waals surface area contributed by atoms with Crippen molar-refractivity contribution in [2.75, 3.05) is 31.0 Å². The zero-order valence-corrected chi connectivity index (χ0v) is 21.2. The molecule has 1 aromatic carbocycles. The largest absolute Gasteiger partial charge is 0.495 e. The quantitative estimate of drug-likeness (QED) is 0.341. The highest BCUT2D eigenvalue weighted by molar-refractivity contribution is 7.80. The Hall–Kier alpha value is -4.28. The standard InChI is InChI=1S/C27H26N6O3S/c1-35-17-24(34)30-21-15-18(10-11-23(21)36-2)33-26(25(31-27(33)37)20-8-3-4-13-29-20)22-9-6-14-32(22)19-7-5-12-28-16-19/h3-16,25-26H,17H2,1-2H3,(H,30,34)(H,31,37)/t25-,26-/m1/s1. The van der Waals surface area contributed by atoms with Crippen molar-refractivity contribution in [2.45, 2.75) is 12.1 Å². The minimum atomic E-state index is -0.284. The molecule has 0 saturated carbocycles. The van der Waals surface area contributed by atoms with E-state index >= 15 is 0 Å². The molecule has 1 aliphatic heterocycles. The lowest BCUT2D eigenvalue weighted by molar-refractivity contribution is -0.119. The van der Waals surface area contributed by atoms with E-state index in [1.807, 2.05) is 71.9 Å². The van der Waals surface area contributed by atoms with Gasteiger partial charge in [-0.1, -0.05) is 6.07 Å². The minimum Gasteiger partial charge on any atom is -0.495 e. The number of ether oxygens (including phenoxy) is 2. The van der Waals surface area contributed by atoms with Crippen LogP contribution in [0.3, 0.4) is 0 Å². The van der Waals surface area contributed by atoms with Gasteiger partial charge in [0.05, 0.1) is 36.4 Å². The fraction of sp³-hybridized carbons (Fsp3) is 0.185. The molecule has 0 spiro atoms. The molecule has 5 rings (SSSR count). The first-order valence-corrected chi connectivity index (χ1v) is 12.1. The van der Waals surface area contributed by atoms with Gasteiger partial charge in [-0.25, -0.2) is 0 Å². The summed E-state index contributed by atoms with van der Waals surface area (Å²) in [6.45, 7) is -0.0694. The summed E-state index contributed by atoms with van der Waals surface area (Å²) in [6, 6.07) is 18.9. The van der Waals surface area contributed by atoms with Gasteiger partial charge in [-0.3, -0.25) is 14.8 Å². The fourth-order valence-electron chi connectivity index (χ4n) is 4.56. The van der Waals surface area contributed by atoms with Crippen LogP contribution in [0.25, 0.3) is 5.69 Å². The third-order valence-corrected chi connectivity index (χ3v) is 6.43. The molecule has 1 fully saturated rings. The molecule has 0 bridgehead atoms. The summed E-state index contributed by atoms with van der Waals surface area (Å²) in [5.74, 6) is 0.247. The Bertz CT molecular complexity index is 1400. The molecule has 9 nitrogen and oxygen atoms in total. The van der Waals surface area contributed by atoms with Gasteiger partial charge in [0.2, 0.25) is 5.91 Å². The first-order valence-electron chi connectivity index (χ1n) is 11.7. The molecule has 2 N–H and O–H groups in total. The molecule has 0 unspecified atom stereocenters. The average molecular weight is 515 g/mol. The van der Waals surface area contributed by atoms with Crippen LogP contribution in [0.15, 0.2) is 85.5 Å². The molecular weight excluding hydrogens is 488 g/mol. The highest BCUT2D eigenvalue weighted by Gasteiger charge is 2.42. The second kappa shape index (κ2) is 10.8. The third kappa shape index (κ3) is 4.89.